The zero-order valence-corrected chi connectivity index (χ0v) is 9.37. The second-order valence-corrected chi connectivity index (χ2v) is 4.35. The third-order valence-electron chi connectivity index (χ3n) is 1.62. The number of nitrogens with zero attached hydrogens (tertiary/aromatic N) is 1. The highest BCUT2D eigenvalue weighted by atomic mass is 16.5. The van der Waals surface area contributed by atoms with Gasteiger partial charge in [0.15, 0.2) is 0 Å². The molecule has 0 atom stereocenters. The van der Waals surface area contributed by atoms with Crippen LogP contribution >= 0.6 is 0 Å². The Morgan fingerprint density at radius 2 is 2.00 bits per heavy atom. The fraction of sp³-hybridized carbons (Fsp3) is 0.800. The van der Waals surface area contributed by atoms with Crippen molar-refractivity contribution in [1.82, 2.24) is 4.90 Å². The van der Waals surface area contributed by atoms with E-state index in [1.54, 1.807) is 0 Å². The molecule has 0 aromatic rings. The fourth-order valence-corrected chi connectivity index (χ4v) is 0.919. The van der Waals surface area contributed by atoms with Gasteiger partial charge in [-0.25, -0.2) is 0 Å². The molecule has 1 heterocycles. The molecule has 0 radical (unpaired) electrons. The average Bonchev–Trinajstić information content (AvgIpc) is 2.33. The molecule has 0 spiro atoms. The van der Waals surface area contributed by atoms with Crippen LogP contribution in [0.3, 0.4) is 0 Å². The Hall–Kier alpha value is -0.900. The summed E-state index contributed by atoms with van der Waals surface area (Å²) in [4.78, 5) is 22.0. The largest absolute Gasteiger partial charge is 0.462 e. The summed E-state index contributed by atoms with van der Waals surface area (Å²) in [6.07, 6.45) is 0.760. The Bertz CT molecular complexity index is 196. The smallest absolute Gasteiger partial charge is 0.293 e. The lowest BCUT2D eigenvalue weighted by molar-refractivity contribution is -0.138. The van der Waals surface area contributed by atoms with Crippen molar-refractivity contribution in [2.45, 2.75) is 32.8 Å². The Morgan fingerprint density at radius 1 is 1.43 bits per heavy atom. The SMILES string of the molecule is CC(C)(C)OC=O.CN1CCC(=O)C1. The van der Waals surface area contributed by atoms with E-state index in [0.29, 0.717) is 18.8 Å². The normalized spacial score (nSPS) is 17.3. The molecule has 1 saturated heterocycles. The summed E-state index contributed by atoms with van der Waals surface area (Å²) in [7, 11) is 1.96. The van der Waals surface area contributed by atoms with E-state index in [1.807, 2.05) is 32.7 Å². The molecule has 0 bridgehead atoms. The lowest BCUT2D eigenvalue weighted by Gasteiger charge is -2.14. The van der Waals surface area contributed by atoms with E-state index in [2.05, 4.69) is 4.74 Å². The monoisotopic (exact) mass is 201 g/mol. The van der Waals surface area contributed by atoms with E-state index < -0.39 is 0 Å². The van der Waals surface area contributed by atoms with E-state index in [9.17, 15) is 9.59 Å². The molecular formula is C10H19NO3. The summed E-state index contributed by atoms with van der Waals surface area (Å²) >= 11 is 0. The van der Waals surface area contributed by atoms with E-state index in [4.69, 9.17) is 0 Å². The summed E-state index contributed by atoms with van der Waals surface area (Å²) < 4.78 is 4.55. The van der Waals surface area contributed by atoms with Gasteiger partial charge in [0.25, 0.3) is 6.47 Å². The van der Waals surface area contributed by atoms with Crippen molar-refractivity contribution in [3.63, 3.8) is 0 Å². The number of hydrogen-bond donors (Lipinski definition) is 0. The van der Waals surface area contributed by atoms with Gasteiger partial charge in [0.2, 0.25) is 0 Å². The van der Waals surface area contributed by atoms with Crippen LogP contribution in [-0.4, -0.2) is 42.9 Å². The maximum atomic E-state index is 10.4. The van der Waals surface area contributed by atoms with Crippen molar-refractivity contribution in [2.24, 2.45) is 0 Å². The standard InChI is InChI=1S/C5H9NO.C5H10O2/c1-6-3-2-5(7)4-6;1-5(2,3)7-4-6/h2-4H2,1H3;4H,1-3H3. The minimum Gasteiger partial charge on any atom is -0.462 e. The molecule has 0 aromatic heterocycles. The Kier molecular flexibility index (Phi) is 5.38. The number of hydrogen-bond acceptors (Lipinski definition) is 4. The quantitative estimate of drug-likeness (QED) is 0.590. The number of carbonyl (C=O) groups is 2. The lowest BCUT2D eigenvalue weighted by Crippen LogP contribution is -2.17. The predicted octanol–water partition coefficient (Wildman–Crippen LogP) is 0.849. The van der Waals surface area contributed by atoms with Gasteiger partial charge < -0.3 is 4.74 Å². The van der Waals surface area contributed by atoms with Gasteiger partial charge in [-0.3, -0.25) is 14.5 Å². The van der Waals surface area contributed by atoms with Crippen LogP contribution in [0, 0.1) is 0 Å². The van der Waals surface area contributed by atoms with Crippen LogP contribution in [0.5, 0.6) is 0 Å². The second-order valence-electron chi connectivity index (χ2n) is 4.35. The van der Waals surface area contributed by atoms with E-state index >= 15 is 0 Å². The van der Waals surface area contributed by atoms with Crippen molar-refractivity contribution in [3.05, 3.63) is 0 Å². The number of Topliss-reactive ketones (excluding diaryl/α,β-unsaturated/α-hetero) is 1. The summed E-state index contributed by atoms with van der Waals surface area (Å²) in [5, 5.41) is 0. The van der Waals surface area contributed by atoms with Gasteiger partial charge in [-0.05, 0) is 27.8 Å². The van der Waals surface area contributed by atoms with E-state index in [1.165, 1.54) is 0 Å². The highest BCUT2D eigenvalue weighted by Gasteiger charge is 2.13. The molecule has 14 heavy (non-hydrogen) atoms. The van der Waals surface area contributed by atoms with Crippen LogP contribution in [0.4, 0.5) is 0 Å². The first kappa shape index (κ1) is 13.1. The van der Waals surface area contributed by atoms with Gasteiger partial charge in [0, 0.05) is 13.0 Å². The highest BCUT2D eigenvalue weighted by molar-refractivity contribution is 5.82. The molecule has 0 N–H and O–H groups in total. The number of ketones is 1. The first-order chi connectivity index (χ1) is 6.35. The molecule has 4 heteroatoms. The molecule has 0 amide bonds. The zero-order valence-electron chi connectivity index (χ0n) is 9.37. The highest BCUT2D eigenvalue weighted by Crippen LogP contribution is 2.02. The van der Waals surface area contributed by atoms with Crippen LogP contribution in [0.2, 0.25) is 0 Å². The van der Waals surface area contributed by atoms with Crippen LogP contribution < -0.4 is 0 Å². The number of likely N-dealkylation sites (tertiary alicyclic amines) is 1. The average molecular weight is 201 g/mol. The number of carbonyl (C=O) groups excluding carboxylic acids is 2. The first-order valence-electron chi connectivity index (χ1n) is 4.67. The molecule has 0 aromatic carbocycles. The molecule has 0 saturated carbocycles. The van der Waals surface area contributed by atoms with Crippen LogP contribution in [-0.2, 0) is 14.3 Å². The predicted molar refractivity (Wildman–Crippen MR) is 54.0 cm³/mol. The van der Waals surface area contributed by atoms with Gasteiger partial charge in [-0.2, -0.15) is 0 Å². The van der Waals surface area contributed by atoms with Crippen molar-refractivity contribution >= 4 is 12.3 Å². The first-order valence-corrected chi connectivity index (χ1v) is 4.67. The van der Waals surface area contributed by atoms with Crippen LogP contribution in [0.15, 0.2) is 0 Å². The molecule has 1 aliphatic heterocycles. The lowest BCUT2D eigenvalue weighted by atomic mass is 10.2. The maximum absolute atomic E-state index is 10.4. The topological polar surface area (TPSA) is 46.6 Å². The zero-order chi connectivity index (χ0) is 11.2. The molecule has 4 nitrogen and oxygen atoms in total. The van der Waals surface area contributed by atoms with Crippen LogP contribution in [0.25, 0.3) is 0 Å². The van der Waals surface area contributed by atoms with Gasteiger partial charge >= 0.3 is 0 Å². The fourth-order valence-electron chi connectivity index (χ4n) is 0.919. The van der Waals surface area contributed by atoms with Gasteiger partial charge in [-0.15, -0.1) is 0 Å². The van der Waals surface area contributed by atoms with Gasteiger partial charge in [0.05, 0.1) is 6.54 Å². The van der Waals surface area contributed by atoms with Gasteiger partial charge in [0.1, 0.15) is 11.4 Å². The molecule has 0 unspecified atom stereocenters. The van der Waals surface area contributed by atoms with Crippen molar-refractivity contribution in [2.75, 3.05) is 20.1 Å². The summed E-state index contributed by atoms with van der Waals surface area (Å²) in [5.41, 5.74) is -0.318. The van der Waals surface area contributed by atoms with Crippen molar-refractivity contribution in [1.29, 1.82) is 0 Å². The van der Waals surface area contributed by atoms with E-state index in [-0.39, 0.29) is 5.60 Å². The van der Waals surface area contributed by atoms with Gasteiger partial charge in [-0.1, -0.05) is 0 Å². The number of ether oxygens (including phenoxy) is 1. The van der Waals surface area contributed by atoms with E-state index in [0.717, 1.165) is 13.0 Å². The third kappa shape index (κ3) is 7.73. The summed E-state index contributed by atoms with van der Waals surface area (Å²) in [6.45, 7) is 7.54. The molecule has 1 rings (SSSR count). The van der Waals surface area contributed by atoms with Crippen molar-refractivity contribution < 1.29 is 14.3 Å². The van der Waals surface area contributed by atoms with Crippen LogP contribution in [0.1, 0.15) is 27.2 Å². The minimum absolute atomic E-state index is 0.318. The Labute approximate surface area is 85.2 Å². The number of likely N-dealkylation sites (N-methyl/N-ethyl adjacent to an activating group) is 1. The minimum atomic E-state index is -0.318. The molecule has 0 aliphatic carbocycles. The molecule has 1 fully saturated rings. The third-order valence-corrected chi connectivity index (χ3v) is 1.62. The summed E-state index contributed by atoms with van der Waals surface area (Å²) in [6, 6.07) is 0. The molecule has 82 valence electrons. The molecular weight excluding hydrogens is 182 g/mol. The Balaban J connectivity index is 0.000000241. The summed E-state index contributed by atoms with van der Waals surface area (Å²) in [5.74, 6) is 0.377. The van der Waals surface area contributed by atoms with Crippen molar-refractivity contribution in [3.8, 4) is 0 Å². The molecule has 1 aliphatic rings. The number of rotatable bonds is 1. The maximum Gasteiger partial charge on any atom is 0.293 e. The Morgan fingerprint density at radius 3 is 2.07 bits per heavy atom. The second kappa shape index (κ2) is 5.75.